The molecule has 0 fully saturated rings. The zero-order valence-electron chi connectivity index (χ0n) is 13.6. The van der Waals surface area contributed by atoms with Gasteiger partial charge in [0.05, 0.1) is 6.21 Å². The number of nitrogens with two attached hydrogens (primary N) is 1. The van der Waals surface area contributed by atoms with E-state index in [0.717, 1.165) is 5.75 Å². The quantitative estimate of drug-likeness (QED) is 0.307. The minimum atomic E-state index is -0.350. The third-order valence-electron chi connectivity index (χ3n) is 3.43. The zero-order valence-corrected chi connectivity index (χ0v) is 14.4. The van der Waals surface area contributed by atoms with E-state index in [1.807, 2.05) is 6.92 Å². The molecule has 6 nitrogen and oxygen atoms in total. The van der Waals surface area contributed by atoms with Crippen molar-refractivity contribution in [2.75, 3.05) is 11.3 Å². The topological polar surface area (TPSA) is 81.1 Å². The molecule has 0 saturated carbocycles. The van der Waals surface area contributed by atoms with Crippen LogP contribution in [-0.2, 0) is 5.75 Å². The average Bonchev–Trinajstić information content (AvgIpc) is 2.96. The van der Waals surface area contributed by atoms with Crippen LogP contribution in [0.2, 0.25) is 0 Å². The summed E-state index contributed by atoms with van der Waals surface area (Å²) < 4.78 is 14.8. The van der Waals surface area contributed by atoms with Crippen LogP contribution in [0, 0.1) is 12.7 Å². The van der Waals surface area contributed by atoms with Crippen LogP contribution in [0.25, 0.3) is 0 Å². The Labute approximate surface area is 148 Å². The van der Waals surface area contributed by atoms with Crippen molar-refractivity contribution in [3.05, 3.63) is 71.0 Å². The number of hydrogen-bond acceptors (Lipinski definition) is 6. The van der Waals surface area contributed by atoms with E-state index < -0.39 is 0 Å². The molecule has 3 rings (SSSR count). The first-order valence-electron chi connectivity index (χ1n) is 7.56. The number of hydrogen-bond donors (Lipinski definition) is 2. The van der Waals surface area contributed by atoms with Gasteiger partial charge in [0.15, 0.2) is 0 Å². The van der Waals surface area contributed by atoms with Crippen LogP contribution in [-0.4, -0.2) is 21.1 Å². The zero-order chi connectivity index (χ0) is 17.6. The second kappa shape index (κ2) is 7.80. The van der Waals surface area contributed by atoms with Gasteiger partial charge in [-0.05, 0) is 18.6 Å². The lowest BCUT2D eigenvalue weighted by Crippen LogP contribution is -2.13. The van der Waals surface area contributed by atoms with Gasteiger partial charge < -0.3 is 5.84 Å². The highest BCUT2D eigenvalue weighted by atomic mass is 32.2. The summed E-state index contributed by atoms with van der Waals surface area (Å²) in [7, 11) is 0. The van der Waals surface area contributed by atoms with E-state index in [-0.39, 0.29) is 11.8 Å². The molecule has 3 N–H and O–H groups in total. The van der Waals surface area contributed by atoms with Crippen molar-refractivity contribution < 1.29 is 4.39 Å². The van der Waals surface area contributed by atoms with E-state index in [2.05, 4.69) is 45.0 Å². The third kappa shape index (κ3) is 4.36. The van der Waals surface area contributed by atoms with Gasteiger partial charge in [0.1, 0.15) is 5.82 Å². The summed E-state index contributed by atoms with van der Waals surface area (Å²) in [4.78, 5) is 0. The molecule has 0 aliphatic heterocycles. The summed E-state index contributed by atoms with van der Waals surface area (Å²) in [6.07, 6.45) is 1.36. The summed E-state index contributed by atoms with van der Waals surface area (Å²) in [5.41, 5.74) is 5.43. The standard InChI is InChI=1S/C17H17FN6S/c1-12-6-8-13(9-7-12)11-25-17-23-22-16(24(17)19)21-20-10-14-4-2-3-5-15(14)18/h2-10H,11,19H2,1H3,(H,21,22)/b20-10+. The van der Waals surface area contributed by atoms with Gasteiger partial charge in [0.2, 0.25) is 5.16 Å². The number of nitrogens with one attached hydrogen (secondary N) is 1. The van der Waals surface area contributed by atoms with Crippen LogP contribution < -0.4 is 11.3 Å². The molecule has 0 aliphatic rings. The number of anilines is 1. The second-order valence-electron chi connectivity index (χ2n) is 5.34. The van der Waals surface area contributed by atoms with E-state index in [1.54, 1.807) is 18.2 Å². The predicted octanol–water partition coefficient (Wildman–Crippen LogP) is 3.18. The summed E-state index contributed by atoms with van der Waals surface area (Å²) in [5, 5.41) is 12.5. The first kappa shape index (κ1) is 17.0. The average molecular weight is 356 g/mol. The van der Waals surface area contributed by atoms with Gasteiger partial charge in [-0.3, -0.25) is 0 Å². The van der Waals surface area contributed by atoms with Crippen molar-refractivity contribution >= 4 is 23.9 Å². The molecule has 2 aromatic carbocycles. The highest BCUT2D eigenvalue weighted by Crippen LogP contribution is 2.21. The molecule has 0 atom stereocenters. The smallest absolute Gasteiger partial charge is 0.264 e. The summed E-state index contributed by atoms with van der Waals surface area (Å²) in [6, 6.07) is 14.6. The largest absolute Gasteiger partial charge is 0.334 e. The van der Waals surface area contributed by atoms with Gasteiger partial charge in [-0.15, -0.1) is 10.2 Å². The molecule has 1 aromatic heterocycles. The molecule has 0 bridgehead atoms. The highest BCUT2D eigenvalue weighted by molar-refractivity contribution is 7.98. The fourth-order valence-electron chi connectivity index (χ4n) is 2.02. The normalized spacial score (nSPS) is 11.1. The van der Waals surface area contributed by atoms with Crippen molar-refractivity contribution in [2.24, 2.45) is 5.10 Å². The Kier molecular flexibility index (Phi) is 5.30. The van der Waals surface area contributed by atoms with Crippen molar-refractivity contribution in [1.29, 1.82) is 0 Å². The fraction of sp³-hybridized carbons (Fsp3) is 0.118. The fourth-order valence-corrected chi connectivity index (χ4v) is 2.84. The molecular weight excluding hydrogens is 339 g/mol. The minimum absolute atomic E-state index is 0.277. The van der Waals surface area contributed by atoms with Crippen molar-refractivity contribution in [3.63, 3.8) is 0 Å². The first-order chi connectivity index (χ1) is 12.1. The molecule has 128 valence electrons. The number of rotatable bonds is 6. The number of thioether (sulfide) groups is 1. The van der Waals surface area contributed by atoms with Crippen LogP contribution in [0.4, 0.5) is 10.3 Å². The molecule has 8 heteroatoms. The number of nitrogen functional groups attached to an aromatic ring is 1. The molecule has 25 heavy (non-hydrogen) atoms. The van der Waals surface area contributed by atoms with E-state index in [4.69, 9.17) is 5.84 Å². The summed E-state index contributed by atoms with van der Waals surface area (Å²) in [5.74, 6) is 6.62. The Bertz CT molecular complexity index is 875. The Morgan fingerprint density at radius 1 is 1.20 bits per heavy atom. The monoisotopic (exact) mass is 356 g/mol. The number of aromatic nitrogens is 3. The molecule has 1 heterocycles. The van der Waals surface area contributed by atoms with Gasteiger partial charge in [-0.2, -0.15) is 5.10 Å². The predicted molar refractivity (Wildman–Crippen MR) is 98.5 cm³/mol. The maximum atomic E-state index is 13.5. The molecular formula is C17H17FN6S. The molecule has 0 saturated heterocycles. The van der Waals surface area contributed by atoms with Crippen molar-refractivity contribution in [3.8, 4) is 0 Å². The van der Waals surface area contributed by atoms with Crippen LogP contribution in [0.3, 0.4) is 0 Å². The van der Waals surface area contributed by atoms with Crippen molar-refractivity contribution in [2.45, 2.75) is 17.8 Å². The number of halogens is 1. The van der Waals surface area contributed by atoms with Gasteiger partial charge in [-0.1, -0.05) is 59.8 Å². The lowest BCUT2D eigenvalue weighted by molar-refractivity contribution is 0.626. The van der Waals surface area contributed by atoms with Crippen molar-refractivity contribution in [1.82, 2.24) is 14.9 Å². The van der Waals surface area contributed by atoms with Crippen LogP contribution in [0.1, 0.15) is 16.7 Å². The maximum Gasteiger partial charge on any atom is 0.264 e. The lowest BCUT2D eigenvalue weighted by atomic mass is 10.2. The molecule has 0 spiro atoms. The van der Waals surface area contributed by atoms with E-state index in [1.165, 1.54) is 39.8 Å². The van der Waals surface area contributed by atoms with Crippen LogP contribution in [0.5, 0.6) is 0 Å². The lowest BCUT2D eigenvalue weighted by Gasteiger charge is -2.03. The summed E-state index contributed by atoms with van der Waals surface area (Å²) in [6.45, 7) is 2.05. The Hall–Kier alpha value is -2.87. The highest BCUT2D eigenvalue weighted by Gasteiger charge is 2.09. The van der Waals surface area contributed by atoms with E-state index >= 15 is 0 Å². The number of nitrogens with zero attached hydrogens (tertiary/aromatic N) is 4. The SMILES string of the molecule is Cc1ccc(CSc2nnc(N/N=C/c3ccccc3F)n2N)cc1. The van der Waals surface area contributed by atoms with Gasteiger partial charge in [-0.25, -0.2) is 14.5 Å². The molecule has 0 aliphatic carbocycles. The second-order valence-corrected chi connectivity index (χ2v) is 6.28. The van der Waals surface area contributed by atoms with Gasteiger partial charge >= 0.3 is 0 Å². The molecule has 0 amide bonds. The Morgan fingerprint density at radius 2 is 1.96 bits per heavy atom. The molecule has 0 unspecified atom stereocenters. The van der Waals surface area contributed by atoms with Gasteiger partial charge in [0, 0.05) is 11.3 Å². The molecule has 3 aromatic rings. The van der Waals surface area contributed by atoms with Gasteiger partial charge in [0.25, 0.3) is 5.95 Å². The number of benzene rings is 2. The molecule has 0 radical (unpaired) electrons. The Balaban J connectivity index is 1.61. The summed E-state index contributed by atoms with van der Waals surface area (Å²) >= 11 is 1.47. The van der Waals surface area contributed by atoms with Crippen LogP contribution >= 0.6 is 11.8 Å². The maximum absolute atomic E-state index is 13.5. The minimum Gasteiger partial charge on any atom is -0.334 e. The Morgan fingerprint density at radius 3 is 2.72 bits per heavy atom. The van der Waals surface area contributed by atoms with Crippen LogP contribution in [0.15, 0.2) is 58.8 Å². The third-order valence-corrected chi connectivity index (χ3v) is 4.44. The van der Waals surface area contributed by atoms with E-state index in [0.29, 0.717) is 10.7 Å². The first-order valence-corrected chi connectivity index (χ1v) is 8.54. The number of hydrazone groups is 1. The van der Waals surface area contributed by atoms with E-state index in [9.17, 15) is 4.39 Å². The number of aryl methyl sites for hydroxylation is 1.